The zero-order chi connectivity index (χ0) is 20.4. The predicted octanol–water partition coefficient (Wildman–Crippen LogP) is 6.36. The van der Waals surface area contributed by atoms with Crippen LogP contribution in [0.2, 0.25) is 0 Å². The molecule has 29 heavy (non-hydrogen) atoms. The zero-order valence-electron chi connectivity index (χ0n) is 16.2. The van der Waals surface area contributed by atoms with Crippen LogP contribution in [0, 0.1) is 6.92 Å². The number of ketones is 1. The van der Waals surface area contributed by atoms with Gasteiger partial charge >= 0.3 is 0 Å². The Balaban J connectivity index is 1.72. The van der Waals surface area contributed by atoms with Gasteiger partial charge in [-0.15, -0.1) is 0 Å². The van der Waals surface area contributed by atoms with Crippen molar-refractivity contribution in [3.63, 3.8) is 0 Å². The van der Waals surface area contributed by atoms with Crippen LogP contribution >= 0.6 is 15.9 Å². The first-order chi connectivity index (χ1) is 14.1. The Morgan fingerprint density at radius 3 is 2.66 bits per heavy atom. The van der Waals surface area contributed by atoms with E-state index in [0.717, 1.165) is 15.4 Å². The number of rotatable bonds is 6. The second-order valence-corrected chi connectivity index (χ2v) is 7.68. The van der Waals surface area contributed by atoms with Crippen molar-refractivity contribution in [2.24, 2.45) is 0 Å². The summed E-state index contributed by atoms with van der Waals surface area (Å²) >= 11 is 3.45. The van der Waals surface area contributed by atoms with Crippen LogP contribution in [0.4, 0.5) is 5.69 Å². The minimum atomic E-state index is -0.184. The maximum atomic E-state index is 13.3. The van der Waals surface area contributed by atoms with Gasteiger partial charge in [0.15, 0.2) is 5.76 Å². The van der Waals surface area contributed by atoms with Crippen LogP contribution in [0.15, 0.2) is 75.6 Å². The fourth-order valence-corrected chi connectivity index (χ4v) is 3.87. The number of furan rings is 1. The van der Waals surface area contributed by atoms with Crippen molar-refractivity contribution in [3.05, 3.63) is 93.7 Å². The van der Waals surface area contributed by atoms with Crippen LogP contribution in [0.3, 0.4) is 0 Å². The van der Waals surface area contributed by atoms with Crippen molar-refractivity contribution in [1.82, 2.24) is 0 Å². The van der Waals surface area contributed by atoms with E-state index >= 15 is 0 Å². The molecule has 146 valence electrons. The Morgan fingerprint density at radius 1 is 1.07 bits per heavy atom. The molecule has 0 aliphatic rings. The van der Waals surface area contributed by atoms with E-state index in [4.69, 9.17) is 9.15 Å². The van der Waals surface area contributed by atoms with Crippen LogP contribution in [-0.4, -0.2) is 12.9 Å². The predicted molar refractivity (Wildman–Crippen MR) is 119 cm³/mol. The molecule has 4 aromatic rings. The highest BCUT2D eigenvalue weighted by Gasteiger charge is 2.22. The van der Waals surface area contributed by atoms with E-state index < -0.39 is 0 Å². The monoisotopic (exact) mass is 449 g/mol. The highest BCUT2D eigenvalue weighted by Crippen LogP contribution is 2.34. The lowest BCUT2D eigenvalue weighted by Crippen LogP contribution is -2.06. The topological polar surface area (TPSA) is 51.5 Å². The molecule has 4 nitrogen and oxygen atoms in total. The number of carbonyl (C=O) groups is 1. The van der Waals surface area contributed by atoms with Crippen LogP contribution in [0.1, 0.15) is 27.2 Å². The summed E-state index contributed by atoms with van der Waals surface area (Å²) in [6.07, 6.45) is 0. The third-order valence-electron chi connectivity index (χ3n) is 4.77. The summed E-state index contributed by atoms with van der Waals surface area (Å²) in [5.74, 6) is 0.788. The van der Waals surface area contributed by atoms with Crippen LogP contribution in [0.25, 0.3) is 11.0 Å². The standard InChI is InChI=1S/C24H20BrNO3/c1-15-6-5-7-16(12-15)14-26-22-18-8-3-4-9-20(18)29-24(22)23(27)17-10-11-21(28-2)19(25)13-17/h3-13,26H,14H2,1-2H3. The summed E-state index contributed by atoms with van der Waals surface area (Å²) in [6.45, 7) is 2.66. The molecule has 0 unspecified atom stereocenters. The Bertz CT molecular complexity index is 1200. The molecule has 0 saturated carbocycles. The molecule has 0 bridgehead atoms. The Hall–Kier alpha value is -3.05. The molecular formula is C24H20BrNO3. The van der Waals surface area contributed by atoms with Gasteiger partial charge in [-0.2, -0.15) is 0 Å². The smallest absolute Gasteiger partial charge is 0.230 e. The SMILES string of the molecule is COc1ccc(C(=O)c2oc3ccccc3c2NCc2cccc(C)c2)cc1Br. The maximum Gasteiger partial charge on any atom is 0.230 e. The first-order valence-corrected chi connectivity index (χ1v) is 10.1. The van der Waals surface area contributed by atoms with Crippen molar-refractivity contribution in [3.8, 4) is 5.75 Å². The summed E-state index contributed by atoms with van der Waals surface area (Å²) in [7, 11) is 1.59. The molecule has 1 N–H and O–H groups in total. The normalized spacial score (nSPS) is 10.9. The first kappa shape index (κ1) is 19.3. The number of benzene rings is 3. The molecule has 0 saturated heterocycles. The number of fused-ring (bicyclic) bond motifs is 1. The molecule has 0 radical (unpaired) electrons. The number of hydrogen-bond acceptors (Lipinski definition) is 4. The number of nitrogens with one attached hydrogen (secondary N) is 1. The summed E-state index contributed by atoms with van der Waals surface area (Å²) < 4.78 is 11.9. The number of hydrogen-bond donors (Lipinski definition) is 1. The molecule has 0 aliphatic carbocycles. The van der Waals surface area contributed by atoms with Crippen molar-refractivity contribution in [2.45, 2.75) is 13.5 Å². The van der Waals surface area contributed by atoms with E-state index in [-0.39, 0.29) is 5.78 Å². The lowest BCUT2D eigenvalue weighted by Gasteiger charge is -2.09. The van der Waals surface area contributed by atoms with Gasteiger partial charge in [0, 0.05) is 17.5 Å². The molecule has 1 heterocycles. The number of anilines is 1. The Morgan fingerprint density at radius 2 is 1.90 bits per heavy atom. The zero-order valence-corrected chi connectivity index (χ0v) is 17.7. The molecule has 0 amide bonds. The van der Waals surface area contributed by atoms with Crippen LogP contribution in [-0.2, 0) is 6.54 Å². The fourth-order valence-electron chi connectivity index (χ4n) is 3.33. The van der Waals surface area contributed by atoms with E-state index in [0.29, 0.717) is 34.9 Å². The van der Waals surface area contributed by atoms with Crippen molar-refractivity contribution >= 4 is 38.4 Å². The molecule has 3 aromatic carbocycles. The van der Waals surface area contributed by atoms with Crippen molar-refractivity contribution in [2.75, 3.05) is 12.4 Å². The molecule has 4 rings (SSSR count). The van der Waals surface area contributed by atoms with E-state index in [9.17, 15) is 4.79 Å². The van der Waals surface area contributed by atoms with Crippen LogP contribution in [0.5, 0.6) is 5.75 Å². The van der Waals surface area contributed by atoms with Gasteiger partial charge in [-0.3, -0.25) is 4.79 Å². The minimum absolute atomic E-state index is 0.184. The van der Waals surface area contributed by atoms with E-state index in [1.54, 1.807) is 25.3 Å². The summed E-state index contributed by atoms with van der Waals surface area (Å²) in [4.78, 5) is 13.3. The third kappa shape index (κ3) is 3.91. The average molecular weight is 450 g/mol. The lowest BCUT2D eigenvalue weighted by atomic mass is 10.1. The van der Waals surface area contributed by atoms with Gasteiger partial charge < -0.3 is 14.5 Å². The van der Waals surface area contributed by atoms with E-state index in [1.807, 2.05) is 30.3 Å². The molecular weight excluding hydrogens is 430 g/mol. The molecule has 0 aliphatic heterocycles. The second kappa shape index (κ2) is 8.13. The largest absolute Gasteiger partial charge is 0.496 e. The lowest BCUT2D eigenvalue weighted by molar-refractivity contribution is 0.101. The quantitative estimate of drug-likeness (QED) is 0.348. The summed E-state index contributed by atoms with van der Waals surface area (Å²) in [5, 5.41) is 4.30. The van der Waals surface area contributed by atoms with Crippen molar-refractivity contribution in [1.29, 1.82) is 0 Å². The molecule has 0 atom stereocenters. The summed E-state index contributed by atoms with van der Waals surface area (Å²) in [5.41, 5.74) is 4.24. The van der Waals surface area contributed by atoms with E-state index in [2.05, 4.69) is 46.4 Å². The van der Waals surface area contributed by atoms with Gasteiger partial charge in [0.25, 0.3) is 0 Å². The Kier molecular flexibility index (Phi) is 5.41. The van der Waals surface area contributed by atoms with Crippen LogP contribution < -0.4 is 10.1 Å². The molecule has 5 heteroatoms. The number of para-hydroxylation sites is 1. The average Bonchev–Trinajstić information content (AvgIpc) is 3.10. The highest BCUT2D eigenvalue weighted by atomic mass is 79.9. The number of halogens is 1. The molecule has 0 fully saturated rings. The number of aryl methyl sites for hydroxylation is 1. The first-order valence-electron chi connectivity index (χ1n) is 9.26. The molecule has 0 spiro atoms. The Labute approximate surface area is 177 Å². The summed E-state index contributed by atoms with van der Waals surface area (Å²) in [6, 6.07) is 21.2. The highest BCUT2D eigenvalue weighted by molar-refractivity contribution is 9.10. The fraction of sp³-hybridized carbons (Fsp3) is 0.125. The van der Waals surface area contributed by atoms with E-state index in [1.165, 1.54) is 5.56 Å². The minimum Gasteiger partial charge on any atom is -0.496 e. The van der Waals surface area contributed by atoms with Gasteiger partial charge in [-0.1, -0.05) is 42.0 Å². The van der Waals surface area contributed by atoms with Gasteiger partial charge in [-0.05, 0) is 58.7 Å². The number of carbonyl (C=O) groups excluding carboxylic acids is 1. The number of ether oxygens (including phenoxy) is 1. The second-order valence-electron chi connectivity index (χ2n) is 6.82. The van der Waals surface area contributed by atoms with Gasteiger partial charge in [-0.25, -0.2) is 0 Å². The van der Waals surface area contributed by atoms with Crippen molar-refractivity contribution < 1.29 is 13.9 Å². The van der Waals surface area contributed by atoms with Gasteiger partial charge in [0.1, 0.15) is 11.3 Å². The maximum absolute atomic E-state index is 13.3. The van der Waals surface area contributed by atoms with Gasteiger partial charge in [0.05, 0.1) is 17.3 Å². The van der Waals surface area contributed by atoms with Gasteiger partial charge in [0.2, 0.25) is 5.78 Å². The third-order valence-corrected chi connectivity index (χ3v) is 5.39. The molecule has 1 aromatic heterocycles. The number of methoxy groups -OCH3 is 1.